The van der Waals surface area contributed by atoms with Gasteiger partial charge >= 0.3 is 0 Å². The number of carbonyl (C=O) groups is 1. The van der Waals surface area contributed by atoms with Crippen LogP contribution in [0.25, 0.3) is 0 Å². The summed E-state index contributed by atoms with van der Waals surface area (Å²) in [4.78, 5) is 11.1. The summed E-state index contributed by atoms with van der Waals surface area (Å²) in [5.41, 5.74) is 0. The topological polar surface area (TPSA) is 61.4 Å². The Morgan fingerprint density at radius 3 is 3.00 bits per heavy atom. The zero-order valence-corrected chi connectivity index (χ0v) is 8.21. The number of amides is 1. The van der Waals surface area contributed by atoms with Crippen molar-refractivity contribution in [3.8, 4) is 0 Å². The highest BCUT2D eigenvalue weighted by molar-refractivity contribution is 5.77. The van der Waals surface area contributed by atoms with Crippen molar-refractivity contribution in [2.24, 2.45) is 0 Å². The van der Waals surface area contributed by atoms with Gasteiger partial charge in [0, 0.05) is 24.5 Å². The smallest absolute Gasteiger partial charge is 0.221 e. The molecule has 0 aromatic heterocycles. The minimum Gasteiger partial charge on any atom is -0.395 e. The van der Waals surface area contributed by atoms with Crippen molar-refractivity contribution in [3.05, 3.63) is 0 Å². The van der Waals surface area contributed by atoms with Crippen molar-refractivity contribution in [1.82, 2.24) is 10.6 Å². The monoisotopic (exact) mass is 186 g/mol. The molecule has 0 spiro atoms. The molecule has 0 aliphatic carbocycles. The van der Waals surface area contributed by atoms with E-state index in [4.69, 9.17) is 5.11 Å². The first-order valence-corrected chi connectivity index (χ1v) is 4.78. The second-order valence-electron chi connectivity index (χ2n) is 3.86. The van der Waals surface area contributed by atoms with Crippen LogP contribution in [0.3, 0.4) is 0 Å². The molecule has 1 aliphatic rings. The van der Waals surface area contributed by atoms with Crippen LogP contribution in [0.15, 0.2) is 0 Å². The Bertz CT molecular complexity index is 184. The third-order valence-electron chi connectivity index (χ3n) is 2.27. The maximum atomic E-state index is 11.1. The van der Waals surface area contributed by atoms with Gasteiger partial charge in [0.25, 0.3) is 0 Å². The van der Waals surface area contributed by atoms with Gasteiger partial charge in [0.1, 0.15) is 0 Å². The Hall–Kier alpha value is -0.610. The van der Waals surface area contributed by atoms with E-state index in [1.807, 2.05) is 13.8 Å². The van der Waals surface area contributed by atoms with E-state index in [0.717, 1.165) is 6.42 Å². The van der Waals surface area contributed by atoms with Crippen molar-refractivity contribution in [3.63, 3.8) is 0 Å². The van der Waals surface area contributed by atoms with Crippen LogP contribution in [0.4, 0.5) is 0 Å². The SMILES string of the molecule is CC1CC(NC(C)CO)CC(=O)N1. The Labute approximate surface area is 78.7 Å². The number of hydrogen-bond donors (Lipinski definition) is 3. The summed E-state index contributed by atoms with van der Waals surface area (Å²) >= 11 is 0. The molecule has 1 saturated heterocycles. The maximum Gasteiger partial charge on any atom is 0.221 e. The fraction of sp³-hybridized carbons (Fsp3) is 0.889. The molecule has 0 bridgehead atoms. The largest absolute Gasteiger partial charge is 0.395 e. The minimum absolute atomic E-state index is 0.0723. The van der Waals surface area contributed by atoms with Gasteiger partial charge in [-0.15, -0.1) is 0 Å². The van der Waals surface area contributed by atoms with Crippen LogP contribution in [0.2, 0.25) is 0 Å². The number of nitrogens with one attached hydrogen (secondary N) is 2. The molecule has 3 unspecified atom stereocenters. The summed E-state index contributed by atoms with van der Waals surface area (Å²) in [5.74, 6) is 0.0985. The normalized spacial score (nSPS) is 31.2. The molecule has 1 heterocycles. The van der Waals surface area contributed by atoms with Crippen LogP contribution in [0.1, 0.15) is 26.7 Å². The molecule has 0 aromatic rings. The molecule has 4 heteroatoms. The highest BCUT2D eigenvalue weighted by Crippen LogP contribution is 2.09. The molecule has 3 atom stereocenters. The molecular weight excluding hydrogens is 168 g/mol. The van der Waals surface area contributed by atoms with Gasteiger partial charge in [0.15, 0.2) is 0 Å². The van der Waals surface area contributed by atoms with E-state index < -0.39 is 0 Å². The number of piperidine rings is 1. The second-order valence-corrected chi connectivity index (χ2v) is 3.86. The average Bonchev–Trinajstić information content (AvgIpc) is 2.02. The Kier molecular flexibility index (Phi) is 3.69. The molecule has 4 nitrogen and oxygen atoms in total. The van der Waals surface area contributed by atoms with Gasteiger partial charge in [-0.25, -0.2) is 0 Å². The lowest BCUT2D eigenvalue weighted by atomic mass is 9.99. The standard InChI is InChI=1S/C9H18N2O2/c1-6-3-8(4-9(13)11-6)10-7(2)5-12/h6-8,10,12H,3-5H2,1-2H3,(H,11,13). The van der Waals surface area contributed by atoms with Crippen LogP contribution in [-0.4, -0.2) is 35.7 Å². The van der Waals surface area contributed by atoms with Gasteiger partial charge in [-0.3, -0.25) is 4.79 Å². The van der Waals surface area contributed by atoms with Crippen LogP contribution < -0.4 is 10.6 Å². The Morgan fingerprint density at radius 2 is 2.46 bits per heavy atom. The van der Waals surface area contributed by atoms with Gasteiger partial charge in [0.2, 0.25) is 5.91 Å². The molecule has 3 N–H and O–H groups in total. The summed E-state index contributed by atoms with van der Waals surface area (Å²) in [6.45, 7) is 4.03. The fourth-order valence-corrected chi connectivity index (χ4v) is 1.71. The quantitative estimate of drug-likeness (QED) is 0.563. The molecule has 1 fully saturated rings. The first-order valence-electron chi connectivity index (χ1n) is 4.78. The van der Waals surface area contributed by atoms with E-state index in [0.29, 0.717) is 6.42 Å². The predicted octanol–water partition coefficient (Wildman–Crippen LogP) is -0.376. The van der Waals surface area contributed by atoms with Crippen molar-refractivity contribution >= 4 is 5.91 Å². The van der Waals surface area contributed by atoms with E-state index in [9.17, 15) is 4.79 Å². The van der Waals surface area contributed by atoms with Crippen LogP contribution >= 0.6 is 0 Å². The van der Waals surface area contributed by atoms with E-state index in [1.165, 1.54) is 0 Å². The lowest BCUT2D eigenvalue weighted by Crippen LogP contribution is -2.50. The zero-order valence-electron chi connectivity index (χ0n) is 8.21. The second kappa shape index (κ2) is 4.58. The summed E-state index contributed by atoms with van der Waals surface area (Å²) < 4.78 is 0. The summed E-state index contributed by atoms with van der Waals surface area (Å²) in [7, 11) is 0. The predicted molar refractivity (Wildman–Crippen MR) is 50.3 cm³/mol. The van der Waals surface area contributed by atoms with Gasteiger partial charge in [0.05, 0.1) is 6.61 Å². The number of hydrogen-bond acceptors (Lipinski definition) is 3. The molecular formula is C9H18N2O2. The summed E-state index contributed by atoms with van der Waals surface area (Å²) in [6, 6.07) is 0.527. The van der Waals surface area contributed by atoms with Crippen LogP contribution in [0.5, 0.6) is 0 Å². The average molecular weight is 186 g/mol. The lowest BCUT2D eigenvalue weighted by molar-refractivity contribution is -0.123. The lowest BCUT2D eigenvalue weighted by Gasteiger charge is -2.30. The highest BCUT2D eigenvalue weighted by atomic mass is 16.3. The fourth-order valence-electron chi connectivity index (χ4n) is 1.71. The molecule has 13 heavy (non-hydrogen) atoms. The summed E-state index contributed by atoms with van der Waals surface area (Å²) in [5, 5.41) is 14.9. The van der Waals surface area contributed by atoms with Crippen molar-refractivity contribution in [1.29, 1.82) is 0 Å². The Morgan fingerprint density at radius 1 is 1.77 bits per heavy atom. The molecule has 0 aromatic carbocycles. The molecule has 0 radical (unpaired) electrons. The first kappa shape index (κ1) is 10.5. The van der Waals surface area contributed by atoms with Gasteiger partial charge in [-0.05, 0) is 20.3 Å². The van der Waals surface area contributed by atoms with E-state index in [2.05, 4.69) is 10.6 Å². The third kappa shape index (κ3) is 3.32. The maximum absolute atomic E-state index is 11.1. The first-order chi connectivity index (χ1) is 6.11. The molecule has 0 saturated carbocycles. The molecule has 1 rings (SSSR count). The van der Waals surface area contributed by atoms with E-state index in [1.54, 1.807) is 0 Å². The van der Waals surface area contributed by atoms with Crippen LogP contribution in [-0.2, 0) is 4.79 Å². The van der Waals surface area contributed by atoms with Crippen molar-refractivity contribution < 1.29 is 9.90 Å². The minimum atomic E-state index is 0.0723. The Balaban J connectivity index is 2.37. The van der Waals surface area contributed by atoms with E-state index in [-0.39, 0.29) is 30.6 Å². The number of aliphatic hydroxyl groups excluding tert-OH is 1. The molecule has 1 amide bonds. The highest BCUT2D eigenvalue weighted by Gasteiger charge is 2.24. The number of rotatable bonds is 3. The van der Waals surface area contributed by atoms with Crippen molar-refractivity contribution in [2.75, 3.05) is 6.61 Å². The van der Waals surface area contributed by atoms with Crippen molar-refractivity contribution in [2.45, 2.75) is 44.8 Å². The van der Waals surface area contributed by atoms with Gasteiger partial charge in [-0.2, -0.15) is 0 Å². The van der Waals surface area contributed by atoms with Crippen LogP contribution in [0, 0.1) is 0 Å². The molecule has 76 valence electrons. The zero-order chi connectivity index (χ0) is 9.84. The third-order valence-corrected chi connectivity index (χ3v) is 2.27. The summed E-state index contributed by atoms with van der Waals surface area (Å²) in [6.07, 6.45) is 1.46. The number of carbonyl (C=O) groups excluding carboxylic acids is 1. The van der Waals surface area contributed by atoms with Gasteiger partial charge < -0.3 is 15.7 Å². The number of aliphatic hydroxyl groups is 1. The van der Waals surface area contributed by atoms with E-state index >= 15 is 0 Å². The van der Waals surface area contributed by atoms with Gasteiger partial charge in [-0.1, -0.05) is 0 Å². The molecule has 1 aliphatic heterocycles.